The number of aromatic nitrogens is 3. The van der Waals surface area contributed by atoms with E-state index >= 15 is 0 Å². The minimum Gasteiger partial charge on any atom is -0.379 e. The lowest BCUT2D eigenvalue weighted by molar-refractivity contribution is -0.141. The van der Waals surface area contributed by atoms with E-state index in [1.54, 1.807) is 24.5 Å². The second-order valence-corrected chi connectivity index (χ2v) is 7.73. The normalized spacial score (nSPS) is 19.8. The van der Waals surface area contributed by atoms with Gasteiger partial charge in [0, 0.05) is 37.1 Å². The Balaban J connectivity index is 1.50. The first-order chi connectivity index (χ1) is 14.5. The van der Waals surface area contributed by atoms with Crippen molar-refractivity contribution in [2.24, 2.45) is 0 Å². The Labute approximate surface area is 172 Å². The highest BCUT2D eigenvalue weighted by atomic mass is 19.4. The Morgan fingerprint density at radius 2 is 1.80 bits per heavy atom. The molecule has 0 spiro atoms. The fraction of sp³-hybridized carbons (Fsp3) is 0.364. The Kier molecular flexibility index (Phi) is 4.83. The fourth-order valence-electron chi connectivity index (χ4n) is 4.35. The number of nitrogens with zero attached hydrogens (tertiary/aromatic N) is 4. The van der Waals surface area contributed by atoms with Gasteiger partial charge in [-0.05, 0) is 54.3 Å². The number of alkyl halides is 3. The van der Waals surface area contributed by atoms with Crippen molar-refractivity contribution in [2.75, 3.05) is 26.3 Å². The van der Waals surface area contributed by atoms with E-state index in [0.717, 1.165) is 45.2 Å². The monoisotopic (exact) mass is 414 g/mol. The standard InChI is InChI=1S/C22H21F3N4O/c23-22(24,25)21-13-20(16-2-1-5-26-14-16)29(27-21)18-4-3-15-10-19(12-17(15)11-18)28-6-8-30-9-7-28/h1-5,11,13-14,19H,6-10,12H2/t19-/m1/s1. The summed E-state index contributed by atoms with van der Waals surface area (Å²) in [6, 6.07) is 10.8. The molecule has 1 aromatic carbocycles. The maximum absolute atomic E-state index is 13.4. The smallest absolute Gasteiger partial charge is 0.379 e. The lowest BCUT2D eigenvalue weighted by Gasteiger charge is -2.32. The first-order valence-electron chi connectivity index (χ1n) is 10.0. The summed E-state index contributed by atoms with van der Waals surface area (Å²) in [6.45, 7) is 3.34. The van der Waals surface area contributed by atoms with Crippen molar-refractivity contribution >= 4 is 0 Å². The third kappa shape index (κ3) is 3.61. The molecular formula is C22H21F3N4O. The summed E-state index contributed by atoms with van der Waals surface area (Å²) < 4.78 is 47.0. The predicted molar refractivity (Wildman–Crippen MR) is 105 cm³/mol. The molecule has 0 unspecified atom stereocenters. The fourth-order valence-corrected chi connectivity index (χ4v) is 4.35. The molecule has 3 heterocycles. The Bertz CT molecular complexity index is 1040. The molecule has 3 aromatic rings. The van der Waals surface area contributed by atoms with Crippen LogP contribution in [0.1, 0.15) is 16.8 Å². The summed E-state index contributed by atoms with van der Waals surface area (Å²) in [5, 5.41) is 3.90. The van der Waals surface area contributed by atoms with Crippen molar-refractivity contribution in [3.63, 3.8) is 0 Å². The third-order valence-electron chi connectivity index (χ3n) is 5.86. The molecule has 156 valence electrons. The zero-order valence-electron chi connectivity index (χ0n) is 16.3. The molecule has 1 saturated heterocycles. The molecule has 0 radical (unpaired) electrons. The molecular weight excluding hydrogens is 393 g/mol. The first-order valence-corrected chi connectivity index (χ1v) is 10.0. The van der Waals surface area contributed by atoms with Gasteiger partial charge in [-0.2, -0.15) is 18.3 Å². The van der Waals surface area contributed by atoms with Gasteiger partial charge < -0.3 is 4.74 Å². The van der Waals surface area contributed by atoms with Crippen LogP contribution in [0.2, 0.25) is 0 Å². The van der Waals surface area contributed by atoms with E-state index in [1.165, 1.54) is 15.8 Å². The topological polar surface area (TPSA) is 43.2 Å². The van der Waals surface area contributed by atoms with E-state index in [0.29, 0.717) is 23.0 Å². The number of fused-ring (bicyclic) bond motifs is 1. The maximum atomic E-state index is 13.4. The number of rotatable bonds is 3. The van der Waals surface area contributed by atoms with E-state index in [4.69, 9.17) is 4.74 Å². The minimum absolute atomic E-state index is 0.373. The number of benzene rings is 1. The minimum atomic E-state index is -4.51. The molecule has 8 heteroatoms. The van der Waals surface area contributed by atoms with Gasteiger partial charge in [-0.1, -0.05) is 6.07 Å². The highest BCUT2D eigenvalue weighted by Crippen LogP contribution is 2.34. The van der Waals surface area contributed by atoms with Crippen molar-refractivity contribution in [3.05, 3.63) is 65.6 Å². The lowest BCUT2D eigenvalue weighted by Crippen LogP contribution is -2.43. The van der Waals surface area contributed by atoms with Crippen molar-refractivity contribution in [3.8, 4) is 16.9 Å². The van der Waals surface area contributed by atoms with Crippen LogP contribution in [-0.2, 0) is 23.8 Å². The van der Waals surface area contributed by atoms with E-state index < -0.39 is 11.9 Å². The van der Waals surface area contributed by atoms with Crippen LogP contribution in [0.3, 0.4) is 0 Å². The van der Waals surface area contributed by atoms with Crippen LogP contribution in [0.4, 0.5) is 13.2 Å². The number of pyridine rings is 1. The average molecular weight is 414 g/mol. The molecule has 0 N–H and O–H groups in total. The molecule has 1 atom stereocenters. The van der Waals surface area contributed by atoms with Crippen LogP contribution in [0, 0.1) is 0 Å². The van der Waals surface area contributed by atoms with Crippen LogP contribution in [0.25, 0.3) is 16.9 Å². The predicted octanol–water partition coefficient (Wildman–Crippen LogP) is 3.75. The van der Waals surface area contributed by atoms with E-state index in [2.05, 4.69) is 15.0 Å². The van der Waals surface area contributed by atoms with Crippen molar-refractivity contribution in [1.29, 1.82) is 0 Å². The van der Waals surface area contributed by atoms with Gasteiger partial charge in [-0.3, -0.25) is 9.88 Å². The molecule has 0 bridgehead atoms. The highest BCUT2D eigenvalue weighted by molar-refractivity contribution is 5.62. The quantitative estimate of drug-likeness (QED) is 0.655. The van der Waals surface area contributed by atoms with Gasteiger partial charge in [-0.25, -0.2) is 4.68 Å². The van der Waals surface area contributed by atoms with Crippen molar-refractivity contribution < 1.29 is 17.9 Å². The van der Waals surface area contributed by atoms with Crippen molar-refractivity contribution in [2.45, 2.75) is 25.1 Å². The second kappa shape index (κ2) is 7.52. The van der Waals surface area contributed by atoms with E-state index in [9.17, 15) is 13.2 Å². The number of hydrogen-bond acceptors (Lipinski definition) is 4. The van der Waals surface area contributed by atoms with Gasteiger partial charge in [0.2, 0.25) is 0 Å². The third-order valence-corrected chi connectivity index (χ3v) is 5.86. The molecule has 5 nitrogen and oxygen atoms in total. The largest absolute Gasteiger partial charge is 0.435 e. The van der Waals surface area contributed by atoms with E-state index in [1.807, 2.05) is 18.2 Å². The number of morpholine rings is 1. The second-order valence-electron chi connectivity index (χ2n) is 7.73. The van der Waals surface area contributed by atoms with Crippen LogP contribution >= 0.6 is 0 Å². The lowest BCUT2D eigenvalue weighted by atomic mass is 10.1. The van der Waals surface area contributed by atoms with Gasteiger partial charge in [0.05, 0.1) is 24.6 Å². The van der Waals surface area contributed by atoms with Crippen LogP contribution in [0.15, 0.2) is 48.8 Å². The summed E-state index contributed by atoms with van der Waals surface area (Å²) in [6.07, 6.45) is 0.475. The zero-order valence-corrected chi connectivity index (χ0v) is 16.3. The molecule has 1 fully saturated rings. The molecule has 0 amide bonds. The average Bonchev–Trinajstić information content (AvgIpc) is 3.39. The SMILES string of the molecule is FC(F)(F)c1cc(-c2cccnc2)n(-c2ccc3c(c2)C[C@H](N2CCOCC2)C3)n1. The summed E-state index contributed by atoms with van der Waals surface area (Å²) in [4.78, 5) is 6.49. The summed E-state index contributed by atoms with van der Waals surface area (Å²) in [7, 11) is 0. The van der Waals surface area contributed by atoms with Crippen LogP contribution < -0.4 is 0 Å². The van der Waals surface area contributed by atoms with E-state index in [-0.39, 0.29) is 0 Å². The Hall–Kier alpha value is -2.71. The molecule has 0 saturated carbocycles. The zero-order chi connectivity index (χ0) is 20.7. The van der Waals surface area contributed by atoms with Crippen molar-refractivity contribution in [1.82, 2.24) is 19.7 Å². The van der Waals surface area contributed by atoms with Gasteiger partial charge in [0.25, 0.3) is 0 Å². The van der Waals surface area contributed by atoms with Gasteiger partial charge in [-0.15, -0.1) is 0 Å². The molecule has 1 aliphatic carbocycles. The van der Waals surface area contributed by atoms with Gasteiger partial charge in [0.1, 0.15) is 0 Å². The van der Waals surface area contributed by atoms with Gasteiger partial charge >= 0.3 is 6.18 Å². The molecule has 30 heavy (non-hydrogen) atoms. The Morgan fingerprint density at radius 3 is 2.53 bits per heavy atom. The summed E-state index contributed by atoms with van der Waals surface area (Å²) in [5.74, 6) is 0. The number of ether oxygens (including phenoxy) is 1. The first kappa shape index (κ1) is 19.3. The number of halogens is 3. The summed E-state index contributed by atoms with van der Waals surface area (Å²) in [5.41, 5.74) is 3.11. The number of hydrogen-bond donors (Lipinski definition) is 0. The highest BCUT2D eigenvalue weighted by Gasteiger charge is 2.35. The van der Waals surface area contributed by atoms with Crippen LogP contribution in [-0.4, -0.2) is 52.0 Å². The van der Waals surface area contributed by atoms with Gasteiger partial charge in [0.15, 0.2) is 5.69 Å². The summed E-state index contributed by atoms with van der Waals surface area (Å²) >= 11 is 0. The Morgan fingerprint density at radius 1 is 1.00 bits per heavy atom. The molecule has 1 aliphatic heterocycles. The maximum Gasteiger partial charge on any atom is 0.435 e. The molecule has 2 aromatic heterocycles. The van der Waals surface area contributed by atoms with Crippen LogP contribution in [0.5, 0.6) is 0 Å². The molecule has 5 rings (SSSR count). The molecule has 2 aliphatic rings.